The quantitative estimate of drug-likeness (QED) is 0.365. The van der Waals surface area contributed by atoms with Gasteiger partial charge in [0.2, 0.25) is 0 Å². The van der Waals surface area contributed by atoms with Crippen LogP contribution in [-0.2, 0) is 6.42 Å². The van der Waals surface area contributed by atoms with E-state index in [0.29, 0.717) is 22.3 Å². The van der Waals surface area contributed by atoms with E-state index in [2.05, 4.69) is 28.5 Å². The lowest BCUT2D eigenvalue weighted by atomic mass is 10.0. The molecular weight excluding hydrogens is 382 g/mol. The zero-order valence-electron chi connectivity index (χ0n) is 15.8. The van der Waals surface area contributed by atoms with Crippen LogP contribution in [0.25, 0.3) is 22.2 Å². The summed E-state index contributed by atoms with van der Waals surface area (Å²) < 4.78 is 0. The number of pyridine rings is 1. The highest BCUT2D eigenvalue weighted by Gasteiger charge is 2.15. The highest BCUT2D eigenvalue weighted by Crippen LogP contribution is 2.30. The van der Waals surface area contributed by atoms with Gasteiger partial charge in [0.05, 0.1) is 23.0 Å². The highest BCUT2D eigenvalue weighted by atomic mass is 32.1. The number of para-hydroxylation sites is 2. The zero-order chi connectivity index (χ0) is 20.2. The van der Waals surface area contributed by atoms with Gasteiger partial charge in [0.1, 0.15) is 5.75 Å². The molecule has 144 valence electrons. The molecule has 4 rings (SSSR count). The number of phenolic OH excluding ortho intramolecular Hbond substituents is 1. The van der Waals surface area contributed by atoms with Gasteiger partial charge in [-0.25, -0.2) is 10.4 Å². The van der Waals surface area contributed by atoms with Gasteiger partial charge in [-0.15, -0.1) is 11.3 Å². The highest BCUT2D eigenvalue weighted by molar-refractivity contribution is 7.13. The summed E-state index contributed by atoms with van der Waals surface area (Å²) in [5, 5.41) is 15.0. The summed E-state index contributed by atoms with van der Waals surface area (Å²) in [4.78, 5) is 19.7. The molecule has 29 heavy (non-hydrogen) atoms. The second-order valence-corrected chi connectivity index (χ2v) is 7.65. The lowest BCUT2D eigenvalue weighted by molar-refractivity contribution is 0.0956. The number of amides is 1. The van der Waals surface area contributed by atoms with Gasteiger partial charge in [-0.3, -0.25) is 4.79 Å². The van der Waals surface area contributed by atoms with Gasteiger partial charge in [0.25, 0.3) is 5.91 Å². The molecule has 2 N–H and O–H groups in total. The maximum Gasteiger partial charge on any atom is 0.272 e. The van der Waals surface area contributed by atoms with Crippen LogP contribution in [0.1, 0.15) is 27.0 Å². The van der Waals surface area contributed by atoms with E-state index >= 15 is 0 Å². The summed E-state index contributed by atoms with van der Waals surface area (Å²) in [7, 11) is 0. The zero-order valence-corrected chi connectivity index (χ0v) is 16.6. The minimum absolute atomic E-state index is 0.115. The third-order valence-electron chi connectivity index (χ3n) is 4.53. The summed E-state index contributed by atoms with van der Waals surface area (Å²) in [5.41, 5.74) is 4.83. The molecule has 0 aliphatic heterocycles. The molecule has 0 radical (unpaired) electrons. The number of hydrogen-bond acceptors (Lipinski definition) is 5. The molecule has 0 spiro atoms. The number of hydrogen-bond donors (Lipinski definition) is 2. The number of aryl methyl sites for hydroxylation is 1. The average molecular weight is 401 g/mol. The number of fused-ring (bicyclic) bond motifs is 1. The van der Waals surface area contributed by atoms with Crippen LogP contribution in [0.2, 0.25) is 0 Å². The second-order valence-electron chi connectivity index (χ2n) is 6.45. The first-order chi connectivity index (χ1) is 14.2. The molecule has 2 aromatic heterocycles. The van der Waals surface area contributed by atoms with Gasteiger partial charge < -0.3 is 5.11 Å². The van der Waals surface area contributed by atoms with Gasteiger partial charge in [0.15, 0.2) is 0 Å². The Balaban J connectivity index is 1.68. The summed E-state index contributed by atoms with van der Waals surface area (Å²) in [5.74, 6) is -0.215. The van der Waals surface area contributed by atoms with E-state index < -0.39 is 0 Å². The Hall–Kier alpha value is -3.51. The number of nitrogens with one attached hydrogen (secondary N) is 1. The van der Waals surface area contributed by atoms with E-state index in [1.54, 1.807) is 41.8 Å². The number of aromatic nitrogens is 1. The first-order valence-electron chi connectivity index (χ1n) is 9.26. The fourth-order valence-electron chi connectivity index (χ4n) is 3.06. The molecule has 0 bridgehead atoms. The van der Waals surface area contributed by atoms with Crippen LogP contribution in [0.15, 0.2) is 71.8 Å². The van der Waals surface area contributed by atoms with Crippen molar-refractivity contribution in [1.29, 1.82) is 0 Å². The Morgan fingerprint density at radius 3 is 2.72 bits per heavy atom. The maximum absolute atomic E-state index is 12.9. The van der Waals surface area contributed by atoms with Gasteiger partial charge >= 0.3 is 0 Å². The molecule has 0 saturated carbocycles. The molecule has 5 nitrogen and oxygen atoms in total. The number of nitrogens with zero attached hydrogens (tertiary/aromatic N) is 2. The van der Waals surface area contributed by atoms with Crippen molar-refractivity contribution in [3.8, 4) is 17.0 Å². The number of benzene rings is 2. The van der Waals surface area contributed by atoms with Gasteiger partial charge in [0, 0.05) is 20.7 Å². The Morgan fingerprint density at radius 1 is 1.14 bits per heavy atom. The molecule has 0 unspecified atom stereocenters. The molecule has 1 amide bonds. The fraction of sp³-hybridized carbons (Fsp3) is 0.0870. The monoisotopic (exact) mass is 401 g/mol. The molecule has 2 heterocycles. The predicted octanol–water partition coefficient (Wildman–Crippen LogP) is 5.00. The van der Waals surface area contributed by atoms with E-state index in [1.165, 1.54) is 4.88 Å². The van der Waals surface area contributed by atoms with Gasteiger partial charge in [-0.05, 0) is 42.8 Å². The molecule has 2 aromatic carbocycles. The van der Waals surface area contributed by atoms with E-state index in [-0.39, 0.29) is 11.7 Å². The first-order valence-corrected chi connectivity index (χ1v) is 10.1. The van der Waals surface area contributed by atoms with Gasteiger partial charge in [-0.1, -0.05) is 37.3 Å². The Kier molecular flexibility index (Phi) is 5.35. The molecule has 6 heteroatoms. The van der Waals surface area contributed by atoms with E-state index in [0.717, 1.165) is 16.7 Å². The fourth-order valence-corrected chi connectivity index (χ4v) is 3.88. The number of aromatic hydroxyl groups is 1. The molecule has 0 aliphatic rings. The van der Waals surface area contributed by atoms with Crippen LogP contribution in [0.4, 0.5) is 0 Å². The topological polar surface area (TPSA) is 74.6 Å². The first kappa shape index (κ1) is 18.8. The van der Waals surface area contributed by atoms with E-state index in [1.807, 2.05) is 36.4 Å². The average Bonchev–Trinajstić information content (AvgIpc) is 3.21. The normalized spacial score (nSPS) is 11.2. The minimum Gasteiger partial charge on any atom is -0.507 e. The van der Waals surface area contributed by atoms with Crippen molar-refractivity contribution >= 4 is 34.4 Å². The largest absolute Gasteiger partial charge is 0.507 e. The van der Waals surface area contributed by atoms with Crippen molar-refractivity contribution in [2.75, 3.05) is 0 Å². The number of carbonyl (C=O) groups is 1. The Labute approximate surface area is 172 Å². The molecule has 0 fully saturated rings. The van der Waals surface area contributed by atoms with Crippen molar-refractivity contribution in [2.24, 2.45) is 5.10 Å². The predicted molar refractivity (Wildman–Crippen MR) is 118 cm³/mol. The van der Waals surface area contributed by atoms with Crippen molar-refractivity contribution < 1.29 is 9.90 Å². The Bertz CT molecular complexity index is 1210. The van der Waals surface area contributed by atoms with Crippen LogP contribution in [-0.4, -0.2) is 22.2 Å². The summed E-state index contributed by atoms with van der Waals surface area (Å²) in [6.45, 7) is 2.10. The standard InChI is InChI=1S/C23H19N3O2S/c1-2-15-11-12-16(29-15)14-24-26-23(28)19-13-21(18-8-4-6-10-22(18)27)25-20-9-5-3-7-17(19)20/h3-14,27H,2H2,1H3,(H,26,28)/b24-14-. The Morgan fingerprint density at radius 2 is 1.93 bits per heavy atom. The number of rotatable bonds is 5. The van der Waals surface area contributed by atoms with Crippen molar-refractivity contribution in [2.45, 2.75) is 13.3 Å². The number of thiophene rings is 1. The smallest absolute Gasteiger partial charge is 0.272 e. The summed E-state index contributed by atoms with van der Waals surface area (Å²) in [6.07, 6.45) is 2.62. The molecule has 0 aliphatic carbocycles. The maximum atomic E-state index is 12.9. The number of carbonyl (C=O) groups excluding carboxylic acids is 1. The molecule has 4 aromatic rings. The number of hydrazone groups is 1. The molecular formula is C23H19N3O2S. The van der Waals surface area contributed by atoms with E-state index in [9.17, 15) is 9.90 Å². The molecule has 0 saturated heterocycles. The number of phenols is 1. The molecule has 0 atom stereocenters. The van der Waals surface area contributed by atoms with Crippen molar-refractivity contribution in [3.63, 3.8) is 0 Å². The summed E-state index contributed by atoms with van der Waals surface area (Å²) in [6, 6.07) is 20.1. The third kappa shape index (κ3) is 4.02. The van der Waals surface area contributed by atoms with Crippen molar-refractivity contribution in [3.05, 3.63) is 82.0 Å². The van der Waals surface area contributed by atoms with Crippen LogP contribution >= 0.6 is 11.3 Å². The van der Waals surface area contributed by atoms with Crippen LogP contribution in [0, 0.1) is 0 Å². The van der Waals surface area contributed by atoms with Crippen LogP contribution in [0.3, 0.4) is 0 Å². The van der Waals surface area contributed by atoms with Crippen LogP contribution in [0.5, 0.6) is 5.75 Å². The van der Waals surface area contributed by atoms with Crippen molar-refractivity contribution in [1.82, 2.24) is 10.4 Å². The second kappa shape index (κ2) is 8.24. The van der Waals surface area contributed by atoms with Crippen LogP contribution < -0.4 is 5.43 Å². The lowest BCUT2D eigenvalue weighted by Crippen LogP contribution is -2.18. The van der Waals surface area contributed by atoms with E-state index in [4.69, 9.17) is 0 Å². The SMILES string of the molecule is CCc1ccc(/C=N\NC(=O)c2cc(-c3ccccc3O)nc3ccccc23)s1. The summed E-state index contributed by atoms with van der Waals surface area (Å²) >= 11 is 1.65. The lowest BCUT2D eigenvalue weighted by Gasteiger charge is -2.10. The minimum atomic E-state index is -0.330. The third-order valence-corrected chi connectivity index (χ3v) is 5.69. The van der Waals surface area contributed by atoms with Gasteiger partial charge in [-0.2, -0.15) is 5.10 Å².